The van der Waals surface area contributed by atoms with Gasteiger partial charge in [0, 0.05) is 38.6 Å². The van der Waals surface area contributed by atoms with Gasteiger partial charge in [0.1, 0.15) is 5.82 Å². The molecule has 7 heteroatoms. The van der Waals surface area contributed by atoms with Crippen LogP contribution < -0.4 is 5.32 Å². The van der Waals surface area contributed by atoms with E-state index in [4.69, 9.17) is 4.74 Å². The number of fused-ring (bicyclic) bond motifs is 1. The van der Waals surface area contributed by atoms with Crippen molar-refractivity contribution in [2.24, 2.45) is 0 Å². The molecule has 0 unspecified atom stereocenters. The predicted octanol–water partition coefficient (Wildman–Crippen LogP) is 5.01. The first-order valence-electron chi connectivity index (χ1n) is 12.8. The zero-order chi connectivity index (χ0) is 25.9. The fraction of sp³-hybridized carbons (Fsp3) is 0.448. The maximum atomic E-state index is 13.8. The topological polar surface area (TPSA) is 57.7 Å². The lowest BCUT2D eigenvalue weighted by molar-refractivity contribution is 0.0951. The SMILES string of the molecule is CCOCCN(C)C.Cc1ccc(-c2cc(C(=O)NCCN3CCCC3)c3cc(F)ccc3n2)cc1.[HH]. The van der Waals surface area contributed by atoms with Crippen LogP contribution in [-0.4, -0.2) is 80.7 Å². The van der Waals surface area contributed by atoms with Crippen LogP contribution in [0.15, 0.2) is 48.5 Å². The second kappa shape index (κ2) is 14.0. The van der Waals surface area contributed by atoms with Crippen LogP contribution in [0.1, 0.15) is 37.1 Å². The molecule has 1 aliphatic rings. The first-order chi connectivity index (χ1) is 17.4. The lowest BCUT2D eigenvalue weighted by Crippen LogP contribution is -2.33. The van der Waals surface area contributed by atoms with Crippen LogP contribution in [0.25, 0.3) is 22.2 Å². The van der Waals surface area contributed by atoms with Crippen molar-refractivity contribution < 1.29 is 15.3 Å². The molecule has 1 N–H and O–H groups in total. The number of hydrogen-bond donors (Lipinski definition) is 1. The van der Waals surface area contributed by atoms with E-state index in [0.717, 1.165) is 50.5 Å². The van der Waals surface area contributed by atoms with Crippen LogP contribution in [0.5, 0.6) is 0 Å². The van der Waals surface area contributed by atoms with E-state index in [0.29, 0.717) is 28.7 Å². The summed E-state index contributed by atoms with van der Waals surface area (Å²) in [6.45, 7) is 10.3. The van der Waals surface area contributed by atoms with Crippen molar-refractivity contribution in [2.45, 2.75) is 26.7 Å². The van der Waals surface area contributed by atoms with E-state index >= 15 is 0 Å². The van der Waals surface area contributed by atoms with Crippen molar-refractivity contribution in [1.29, 1.82) is 0 Å². The molecule has 0 bridgehead atoms. The highest BCUT2D eigenvalue weighted by atomic mass is 19.1. The van der Waals surface area contributed by atoms with Gasteiger partial charge in [0.2, 0.25) is 0 Å². The van der Waals surface area contributed by atoms with E-state index in [2.05, 4.69) is 20.1 Å². The van der Waals surface area contributed by atoms with E-state index in [9.17, 15) is 9.18 Å². The van der Waals surface area contributed by atoms with Gasteiger partial charge in [0.05, 0.1) is 23.4 Å². The molecule has 3 aromatic rings. The summed E-state index contributed by atoms with van der Waals surface area (Å²) in [7, 11) is 4.08. The van der Waals surface area contributed by atoms with Gasteiger partial charge in [-0.05, 0) is 78.1 Å². The summed E-state index contributed by atoms with van der Waals surface area (Å²) >= 11 is 0. The normalized spacial score (nSPS) is 13.6. The Labute approximate surface area is 215 Å². The number of carbonyl (C=O) groups excluding carboxylic acids is 1. The van der Waals surface area contributed by atoms with Gasteiger partial charge in [-0.3, -0.25) is 4.79 Å². The quantitative estimate of drug-likeness (QED) is 0.422. The molecule has 2 aromatic carbocycles. The molecule has 6 nitrogen and oxygen atoms in total. The number of amides is 1. The van der Waals surface area contributed by atoms with E-state index in [1.54, 1.807) is 12.1 Å². The Morgan fingerprint density at radius 3 is 2.53 bits per heavy atom. The summed E-state index contributed by atoms with van der Waals surface area (Å²) in [5.74, 6) is -0.561. The zero-order valence-electron chi connectivity index (χ0n) is 22.0. The van der Waals surface area contributed by atoms with Gasteiger partial charge in [-0.2, -0.15) is 0 Å². The standard InChI is InChI=1S/C23H24FN3O.C6H15NO.H2/c1-16-4-6-17(7-5-16)22-15-20(19-14-18(24)8-9-21(19)26-22)23(28)25-10-13-27-11-2-3-12-27;1-4-8-6-5-7(2)3;/h4-9,14-15H,2-3,10-13H2,1H3,(H,25,28);4-6H2,1-3H3;1H. The number of nitrogens with one attached hydrogen (secondary N) is 1. The molecular weight excluding hydrogens is 455 g/mol. The van der Waals surface area contributed by atoms with Gasteiger partial charge in [-0.1, -0.05) is 29.8 Å². The minimum Gasteiger partial charge on any atom is -0.380 e. The zero-order valence-corrected chi connectivity index (χ0v) is 22.0. The number of likely N-dealkylation sites (tertiary alicyclic amines) is 1. The highest BCUT2D eigenvalue weighted by molar-refractivity contribution is 6.07. The maximum Gasteiger partial charge on any atom is 0.252 e. The molecule has 0 saturated carbocycles. The van der Waals surface area contributed by atoms with Crippen LogP contribution in [0.4, 0.5) is 4.39 Å². The molecule has 1 amide bonds. The second-order valence-electron chi connectivity index (χ2n) is 9.39. The van der Waals surface area contributed by atoms with Crippen LogP contribution in [-0.2, 0) is 4.74 Å². The van der Waals surface area contributed by atoms with Gasteiger partial charge in [0.15, 0.2) is 0 Å². The van der Waals surface area contributed by atoms with Gasteiger partial charge < -0.3 is 19.9 Å². The largest absolute Gasteiger partial charge is 0.380 e. The van der Waals surface area contributed by atoms with Crippen LogP contribution in [0.3, 0.4) is 0 Å². The summed E-state index contributed by atoms with van der Waals surface area (Å²) in [4.78, 5) is 22.0. The van der Waals surface area contributed by atoms with Gasteiger partial charge in [0.25, 0.3) is 5.91 Å². The number of aryl methyl sites for hydroxylation is 1. The monoisotopic (exact) mass is 496 g/mol. The first-order valence-corrected chi connectivity index (χ1v) is 12.8. The Morgan fingerprint density at radius 1 is 1.14 bits per heavy atom. The van der Waals surface area contributed by atoms with Crippen LogP contribution in [0.2, 0.25) is 0 Å². The summed E-state index contributed by atoms with van der Waals surface area (Å²) in [6, 6.07) is 14.2. The number of halogens is 1. The van der Waals surface area contributed by atoms with Crippen molar-refractivity contribution in [3.8, 4) is 11.3 Å². The van der Waals surface area contributed by atoms with Crippen molar-refractivity contribution in [3.05, 3.63) is 65.5 Å². The molecule has 1 saturated heterocycles. The lowest BCUT2D eigenvalue weighted by atomic mass is 10.0. The summed E-state index contributed by atoms with van der Waals surface area (Å²) < 4.78 is 18.9. The third-order valence-corrected chi connectivity index (χ3v) is 6.16. The van der Waals surface area contributed by atoms with E-state index in [-0.39, 0.29) is 13.2 Å². The predicted molar refractivity (Wildman–Crippen MR) is 147 cm³/mol. The Morgan fingerprint density at radius 2 is 1.86 bits per heavy atom. The summed E-state index contributed by atoms with van der Waals surface area (Å²) in [6.07, 6.45) is 2.45. The van der Waals surface area contributed by atoms with Crippen molar-refractivity contribution in [3.63, 3.8) is 0 Å². The van der Waals surface area contributed by atoms with Crippen LogP contribution in [0, 0.1) is 12.7 Å². The molecule has 0 atom stereocenters. The number of hydrogen-bond acceptors (Lipinski definition) is 5. The number of aromatic nitrogens is 1. The van der Waals surface area contributed by atoms with Crippen molar-refractivity contribution in [1.82, 2.24) is 20.1 Å². The summed E-state index contributed by atoms with van der Waals surface area (Å²) in [5, 5.41) is 3.53. The van der Waals surface area contributed by atoms with Crippen molar-refractivity contribution >= 4 is 16.8 Å². The molecule has 1 aromatic heterocycles. The molecule has 4 rings (SSSR count). The molecular formula is C29H41FN4O2. The highest BCUT2D eigenvalue weighted by Crippen LogP contribution is 2.26. The number of ether oxygens (including phenoxy) is 1. The van der Waals surface area contributed by atoms with Gasteiger partial charge in [-0.25, -0.2) is 9.37 Å². The number of rotatable bonds is 9. The minimum absolute atomic E-state index is 0. The molecule has 0 spiro atoms. The van der Waals surface area contributed by atoms with Crippen LogP contribution >= 0.6 is 0 Å². The molecule has 196 valence electrons. The minimum atomic E-state index is -0.372. The highest BCUT2D eigenvalue weighted by Gasteiger charge is 2.16. The number of carbonyl (C=O) groups is 1. The Kier molecular flexibility index (Phi) is 10.8. The molecule has 1 fully saturated rings. The Bertz CT molecular complexity index is 1120. The van der Waals surface area contributed by atoms with E-state index in [1.807, 2.05) is 52.2 Å². The lowest BCUT2D eigenvalue weighted by Gasteiger charge is -2.15. The Hall–Kier alpha value is -2.87. The molecule has 1 aliphatic heterocycles. The fourth-order valence-electron chi connectivity index (χ4n) is 4.08. The molecule has 0 radical (unpaired) electrons. The first kappa shape index (κ1) is 27.7. The number of nitrogens with zero attached hydrogens (tertiary/aromatic N) is 3. The third-order valence-electron chi connectivity index (χ3n) is 6.16. The van der Waals surface area contributed by atoms with E-state index in [1.165, 1.54) is 25.0 Å². The molecule has 0 aliphatic carbocycles. The average Bonchev–Trinajstić information content (AvgIpc) is 3.38. The average molecular weight is 497 g/mol. The smallest absolute Gasteiger partial charge is 0.252 e. The van der Waals surface area contributed by atoms with Gasteiger partial charge >= 0.3 is 0 Å². The number of likely N-dealkylation sites (N-methyl/N-ethyl adjacent to an activating group) is 1. The van der Waals surface area contributed by atoms with Gasteiger partial charge in [-0.15, -0.1) is 0 Å². The molecule has 2 heterocycles. The second-order valence-corrected chi connectivity index (χ2v) is 9.39. The van der Waals surface area contributed by atoms with E-state index < -0.39 is 0 Å². The molecule has 36 heavy (non-hydrogen) atoms. The summed E-state index contributed by atoms with van der Waals surface area (Å²) in [5.41, 5.74) is 3.88. The number of pyridine rings is 1. The third kappa shape index (κ3) is 8.36. The fourth-order valence-corrected chi connectivity index (χ4v) is 4.08. The number of benzene rings is 2. The van der Waals surface area contributed by atoms with Crippen molar-refractivity contribution in [2.75, 3.05) is 60.0 Å². The maximum absolute atomic E-state index is 13.8. The Balaban J connectivity index is 0.000000467.